The lowest BCUT2D eigenvalue weighted by Gasteiger charge is -2.39. The molecule has 6 N–H and O–H groups in total. The van der Waals surface area contributed by atoms with Crippen LogP contribution in [0.25, 0.3) is 6.08 Å². The molecule has 0 aliphatic carbocycles. The van der Waals surface area contributed by atoms with E-state index in [9.17, 15) is 30.3 Å². The molecular formula is C18H24O10. The zero-order valence-corrected chi connectivity index (χ0v) is 14.9. The van der Waals surface area contributed by atoms with Crippen molar-refractivity contribution < 1.29 is 49.6 Å². The first-order chi connectivity index (χ1) is 13.3. The third-order valence-corrected chi connectivity index (χ3v) is 4.00. The van der Waals surface area contributed by atoms with E-state index in [1.807, 2.05) is 0 Å². The molecule has 156 valence electrons. The predicted molar refractivity (Wildman–Crippen MR) is 93.8 cm³/mol. The molecule has 0 aromatic heterocycles. The minimum Gasteiger partial charge on any atom is -0.508 e. The monoisotopic (exact) mass is 400 g/mol. The third kappa shape index (κ3) is 6.24. The van der Waals surface area contributed by atoms with Crippen molar-refractivity contribution in [3.63, 3.8) is 0 Å². The normalized spacial score (nSPS) is 29.0. The second kappa shape index (κ2) is 10.5. The summed E-state index contributed by atoms with van der Waals surface area (Å²) in [6.45, 7) is -1.40. The van der Waals surface area contributed by atoms with Crippen LogP contribution in [0, 0.1) is 0 Å². The molecule has 10 nitrogen and oxygen atoms in total. The van der Waals surface area contributed by atoms with Crippen molar-refractivity contribution in [1.82, 2.24) is 0 Å². The molecule has 1 heterocycles. The van der Waals surface area contributed by atoms with Gasteiger partial charge in [-0.2, -0.15) is 0 Å². The van der Waals surface area contributed by atoms with Gasteiger partial charge in [0.1, 0.15) is 42.9 Å². The Kier molecular flexibility index (Phi) is 8.33. The summed E-state index contributed by atoms with van der Waals surface area (Å²) >= 11 is 0. The van der Waals surface area contributed by atoms with Gasteiger partial charge in [-0.3, -0.25) is 0 Å². The van der Waals surface area contributed by atoms with Gasteiger partial charge in [-0.15, -0.1) is 0 Å². The Morgan fingerprint density at radius 3 is 2.61 bits per heavy atom. The van der Waals surface area contributed by atoms with Gasteiger partial charge < -0.3 is 44.8 Å². The number of hydrogen-bond donors (Lipinski definition) is 6. The molecule has 1 aromatic rings. The fraction of sp³-hybridized carbons (Fsp3) is 0.500. The molecule has 28 heavy (non-hydrogen) atoms. The molecule has 1 aromatic carbocycles. The Balaban J connectivity index is 1.74. The fourth-order valence-corrected chi connectivity index (χ4v) is 2.48. The predicted octanol–water partition coefficient (Wildman–Crippen LogP) is -1.87. The summed E-state index contributed by atoms with van der Waals surface area (Å²) in [5, 5.41) is 57.4. The number of phenolic OH excluding ortho intramolecular Hbond substituents is 1. The minimum absolute atomic E-state index is 0.0521. The zero-order chi connectivity index (χ0) is 20.7. The van der Waals surface area contributed by atoms with Gasteiger partial charge in [-0.05, 0) is 23.8 Å². The molecule has 6 atom stereocenters. The topological polar surface area (TPSA) is 166 Å². The number of hydrogen-bond acceptors (Lipinski definition) is 10. The van der Waals surface area contributed by atoms with Crippen molar-refractivity contribution >= 4 is 12.0 Å². The Hall–Kier alpha value is -2.05. The van der Waals surface area contributed by atoms with Crippen molar-refractivity contribution in [2.24, 2.45) is 0 Å². The van der Waals surface area contributed by atoms with Crippen LogP contribution in [0.3, 0.4) is 0 Å². The van der Waals surface area contributed by atoms with Crippen LogP contribution in [0.2, 0.25) is 0 Å². The van der Waals surface area contributed by atoms with Crippen LogP contribution in [0.4, 0.5) is 0 Å². The van der Waals surface area contributed by atoms with Crippen molar-refractivity contribution in [2.45, 2.75) is 36.8 Å². The molecule has 1 saturated heterocycles. The van der Waals surface area contributed by atoms with Gasteiger partial charge >= 0.3 is 5.97 Å². The lowest BCUT2D eigenvalue weighted by Crippen LogP contribution is -2.59. The van der Waals surface area contributed by atoms with E-state index in [0.29, 0.717) is 5.56 Å². The summed E-state index contributed by atoms with van der Waals surface area (Å²) in [7, 11) is 0. The standard InChI is InChI=1S/C18H24O10/c19-7-13-15(23)16(24)17(25)18(28-13)27-9-12(21)8-26-14(22)5-4-10-2-1-3-11(20)6-10/h1-6,12-13,15-21,23-25H,7-9H2/b5-4+/t12-,13?,15?,16?,17?,18?/m1/s1. The van der Waals surface area contributed by atoms with E-state index < -0.39 is 62.6 Å². The van der Waals surface area contributed by atoms with Crippen LogP contribution in [-0.2, 0) is 19.0 Å². The quantitative estimate of drug-likeness (QED) is 0.215. The van der Waals surface area contributed by atoms with Crippen LogP contribution >= 0.6 is 0 Å². The summed E-state index contributed by atoms with van der Waals surface area (Å²) < 4.78 is 15.1. The van der Waals surface area contributed by atoms with Gasteiger partial charge in [0.05, 0.1) is 13.2 Å². The Labute approximate surface area is 160 Å². The third-order valence-electron chi connectivity index (χ3n) is 4.00. The number of carbonyl (C=O) groups is 1. The Morgan fingerprint density at radius 2 is 1.93 bits per heavy atom. The van der Waals surface area contributed by atoms with Crippen molar-refractivity contribution in [3.05, 3.63) is 35.9 Å². The summed E-state index contributed by atoms with van der Waals surface area (Å²) in [4.78, 5) is 11.6. The van der Waals surface area contributed by atoms with Crippen LogP contribution in [0.1, 0.15) is 5.56 Å². The number of esters is 1. The number of aliphatic hydroxyl groups is 5. The molecule has 1 aliphatic rings. The highest BCUT2D eigenvalue weighted by molar-refractivity contribution is 5.87. The molecule has 5 unspecified atom stereocenters. The van der Waals surface area contributed by atoms with E-state index in [2.05, 4.69) is 0 Å². The van der Waals surface area contributed by atoms with Gasteiger partial charge in [0, 0.05) is 6.08 Å². The number of rotatable bonds is 8. The van der Waals surface area contributed by atoms with Crippen LogP contribution in [0.5, 0.6) is 5.75 Å². The molecule has 0 bridgehead atoms. The van der Waals surface area contributed by atoms with Crippen molar-refractivity contribution in [1.29, 1.82) is 0 Å². The summed E-state index contributed by atoms with van der Waals surface area (Å²) in [5.74, 6) is -0.675. The molecule has 0 spiro atoms. The van der Waals surface area contributed by atoms with E-state index in [1.165, 1.54) is 18.2 Å². The maximum atomic E-state index is 11.6. The van der Waals surface area contributed by atoms with E-state index in [-0.39, 0.29) is 5.75 Å². The molecule has 10 heteroatoms. The lowest BCUT2D eigenvalue weighted by atomic mass is 9.99. The van der Waals surface area contributed by atoms with Crippen LogP contribution < -0.4 is 0 Å². The number of ether oxygens (including phenoxy) is 3. The van der Waals surface area contributed by atoms with Crippen molar-refractivity contribution in [2.75, 3.05) is 19.8 Å². The number of benzene rings is 1. The second-order valence-corrected chi connectivity index (χ2v) is 6.24. The average molecular weight is 400 g/mol. The highest BCUT2D eigenvalue weighted by Crippen LogP contribution is 2.22. The first-order valence-electron chi connectivity index (χ1n) is 8.56. The largest absolute Gasteiger partial charge is 0.508 e. The summed E-state index contributed by atoms with van der Waals surface area (Å²) in [5.41, 5.74) is 0.587. The molecule has 1 fully saturated rings. The zero-order valence-electron chi connectivity index (χ0n) is 14.9. The number of aromatic hydroxyl groups is 1. The van der Waals surface area contributed by atoms with Crippen molar-refractivity contribution in [3.8, 4) is 5.75 Å². The van der Waals surface area contributed by atoms with Gasteiger partial charge in [-0.1, -0.05) is 12.1 Å². The Morgan fingerprint density at radius 1 is 1.18 bits per heavy atom. The average Bonchev–Trinajstić information content (AvgIpc) is 2.68. The molecule has 1 aliphatic heterocycles. The fourth-order valence-electron chi connectivity index (χ4n) is 2.48. The van der Waals surface area contributed by atoms with E-state index in [0.717, 1.165) is 6.08 Å². The van der Waals surface area contributed by atoms with E-state index >= 15 is 0 Å². The molecular weight excluding hydrogens is 376 g/mol. The summed E-state index contributed by atoms with van der Waals surface area (Å²) in [6, 6.07) is 6.22. The SMILES string of the molecule is O=C(/C=C/c1cccc(O)c1)OC[C@@H](O)COC1OC(CO)C(O)C(O)C1O. The first kappa shape index (κ1) is 22.2. The van der Waals surface area contributed by atoms with E-state index in [1.54, 1.807) is 12.1 Å². The molecule has 0 amide bonds. The van der Waals surface area contributed by atoms with Crippen LogP contribution in [0.15, 0.2) is 30.3 Å². The van der Waals surface area contributed by atoms with Gasteiger partial charge in [0.2, 0.25) is 0 Å². The maximum Gasteiger partial charge on any atom is 0.330 e. The van der Waals surface area contributed by atoms with E-state index in [4.69, 9.17) is 19.3 Å². The minimum atomic E-state index is -1.59. The lowest BCUT2D eigenvalue weighted by molar-refractivity contribution is -0.304. The van der Waals surface area contributed by atoms with Gasteiger partial charge in [0.25, 0.3) is 0 Å². The highest BCUT2D eigenvalue weighted by atomic mass is 16.7. The number of aliphatic hydroxyl groups excluding tert-OH is 5. The smallest absolute Gasteiger partial charge is 0.330 e. The first-order valence-corrected chi connectivity index (χ1v) is 8.56. The summed E-state index contributed by atoms with van der Waals surface area (Å²) in [6.07, 6.45) is -5.88. The number of phenols is 1. The molecule has 0 radical (unpaired) electrons. The number of carbonyl (C=O) groups excluding carboxylic acids is 1. The molecule has 0 saturated carbocycles. The highest BCUT2D eigenvalue weighted by Gasteiger charge is 2.44. The van der Waals surface area contributed by atoms with Gasteiger partial charge in [-0.25, -0.2) is 4.79 Å². The maximum absolute atomic E-state index is 11.6. The van der Waals surface area contributed by atoms with Gasteiger partial charge in [0.15, 0.2) is 6.29 Å². The second-order valence-electron chi connectivity index (χ2n) is 6.24. The molecule has 2 rings (SSSR count). The Bertz CT molecular complexity index is 662. The van der Waals surface area contributed by atoms with Crippen LogP contribution in [-0.4, -0.2) is 93.2 Å².